The monoisotopic (exact) mass is 309 g/mol. The molecule has 0 aliphatic carbocycles. The Morgan fingerprint density at radius 2 is 1.96 bits per heavy atom. The Kier molecular flexibility index (Phi) is 3.60. The topological polar surface area (TPSA) is 109 Å². The van der Waals surface area contributed by atoms with Crippen LogP contribution in [-0.4, -0.2) is 20.0 Å². The molecule has 2 N–H and O–H groups in total. The van der Waals surface area contributed by atoms with Crippen LogP contribution in [0.15, 0.2) is 53.3 Å². The van der Waals surface area contributed by atoms with Crippen LogP contribution in [0.5, 0.6) is 0 Å². The van der Waals surface area contributed by atoms with Crippen molar-refractivity contribution in [3.8, 4) is 0 Å². The third kappa shape index (κ3) is 2.93. The molecule has 0 fully saturated rings. The minimum Gasteiger partial charge on any atom is -0.507 e. The number of aromatic nitrogens is 2. The van der Waals surface area contributed by atoms with Gasteiger partial charge in [0.25, 0.3) is 11.2 Å². The number of nitro groups is 1. The molecule has 0 aliphatic heterocycles. The van der Waals surface area contributed by atoms with E-state index in [4.69, 9.17) is 0 Å². The van der Waals surface area contributed by atoms with Gasteiger partial charge in [0.1, 0.15) is 11.5 Å². The molecule has 3 rings (SSSR count). The predicted octanol–water partition coefficient (Wildman–Crippen LogP) is 2.89. The molecule has 0 saturated carbocycles. The Balaban J connectivity index is 2.12. The summed E-state index contributed by atoms with van der Waals surface area (Å²) in [6, 6.07) is 12.7. The van der Waals surface area contributed by atoms with Gasteiger partial charge in [-0.25, -0.2) is 4.98 Å². The molecule has 0 saturated heterocycles. The fourth-order valence-electron chi connectivity index (χ4n) is 2.12. The number of hydrogen-bond acceptors (Lipinski definition) is 5. The van der Waals surface area contributed by atoms with Crippen LogP contribution in [0.3, 0.4) is 0 Å². The molecular formula is C16H11N3O4. The lowest BCUT2D eigenvalue weighted by Crippen LogP contribution is -2.12. The zero-order valence-corrected chi connectivity index (χ0v) is 11.8. The van der Waals surface area contributed by atoms with Crippen molar-refractivity contribution < 1.29 is 10.0 Å². The molecule has 0 radical (unpaired) electrons. The van der Waals surface area contributed by atoms with Gasteiger partial charge in [0, 0.05) is 23.8 Å². The van der Waals surface area contributed by atoms with Gasteiger partial charge >= 0.3 is 0 Å². The number of fused-ring (bicyclic) bond motifs is 1. The highest BCUT2D eigenvalue weighted by Gasteiger charge is 2.10. The first-order valence-electron chi connectivity index (χ1n) is 6.69. The molecule has 7 heteroatoms. The Labute approximate surface area is 129 Å². The quantitative estimate of drug-likeness (QED) is 0.439. The summed E-state index contributed by atoms with van der Waals surface area (Å²) in [6.45, 7) is 0. The second-order valence-corrected chi connectivity index (χ2v) is 4.81. The van der Waals surface area contributed by atoms with Crippen LogP contribution in [-0.2, 0) is 0 Å². The average Bonchev–Trinajstić information content (AvgIpc) is 2.55. The van der Waals surface area contributed by atoms with Crippen molar-refractivity contribution in [2.24, 2.45) is 0 Å². The van der Waals surface area contributed by atoms with E-state index in [1.54, 1.807) is 30.3 Å². The third-order valence-electron chi connectivity index (χ3n) is 3.26. The van der Waals surface area contributed by atoms with E-state index >= 15 is 0 Å². The van der Waals surface area contributed by atoms with Crippen molar-refractivity contribution in [2.75, 3.05) is 0 Å². The van der Waals surface area contributed by atoms with Crippen LogP contribution in [0.4, 0.5) is 5.69 Å². The molecule has 2 aromatic carbocycles. The molecular weight excluding hydrogens is 298 g/mol. The summed E-state index contributed by atoms with van der Waals surface area (Å²) in [5.74, 6) is -0.117. The molecule has 0 aliphatic rings. The van der Waals surface area contributed by atoms with E-state index in [0.717, 1.165) is 0 Å². The number of aliphatic hydroxyl groups excluding tert-OH is 1. The Morgan fingerprint density at radius 3 is 2.65 bits per heavy atom. The summed E-state index contributed by atoms with van der Waals surface area (Å²) in [5, 5.41) is 20.9. The number of nitrogens with zero attached hydrogens (tertiary/aromatic N) is 2. The van der Waals surface area contributed by atoms with Crippen molar-refractivity contribution >= 4 is 28.6 Å². The van der Waals surface area contributed by atoms with E-state index in [2.05, 4.69) is 9.97 Å². The normalized spacial score (nSPS) is 11.6. The molecule has 0 atom stereocenters. The van der Waals surface area contributed by atoms with Gasteiger partial charge in [-0.05, 0) is 6.07 Å². The van der Waals surface area contributed by atoms with Crippen LogP contribution < -0.4 is 5.56 Å². The number of hydrogen-bond donors (Lipinski definition) is 2. The fraction of sp³-hybridized carbons (Fsp3) is 0. The molecule has 0 unspecified atom stereocenters. The van der Waals surface area contributed by atoms with Gasteiger partial charge in [-0.15, -0.1) is 0 Å². The lowest BCUT2D eigenvalue weighted by Gasteiger charge is -2.02. The van der Waals surface area contributed by atoms with Crippen LogP contribution in [0.2, 0.25) is 0 Å². The van der Waals surface area contributed by atoms with E-state index in [-0.39, 0.29) is 22.7 Å². The summed E-state index contributed by atoms with van der Waals surface area (Å²) < 4.78 is 0. The largest absolute Gasteiger partial charge is 0.507 e. The second-order valence-electron chi connectivity index (χ2n) is 4.81. The van der Waals surface area contributed by atoms with Crippen LogP contribution in [0.1, 0.15) is 11.3 Å². The molecule has 114 valence electrons. The van der Waals surface area contributed by atoms with Crippen LogP contribution in [0.25, 0.3) is 22.9 Å². The number of aliphatic hydroxyl groups is 1. The minimum atomic E-state index is -0.539. The fourth-order valence-corrected chi connectivity index (χ4v) is 2.12. The van der Waals surface area contributed by atoms with Gasteiger partial charge in [0.2, 0.25) is 0 Å². The third-order valence-corrected chi connectivity index (χ3v) is 3.26. The smallest absolute Gasteiger partial charge is 0.274 e. The second kappa shape index (κ2) is 5.72. The first-order chi connectivity index (χ1) is 11.0. The Bertz CT molecular complexity index is 978. The predicted molar refractivity (Wildman–Crippen MR) is 86.0 cm³/mol. The van der Waals surface area contributed by atoms with Crippen molar-refractivity contribution in [2.45, 2.75) is 0 Å². The summed E-state index contributed by atoms with van der Waals surface area (Å²) in [6.07, 6.45) is 1.23. The van der Waals surface area contributed by atoms with E-state index < -0.39 is 10.5 Å². The molecule has 1 heterocycles. The zero-order chi connectivity index (χ0) is 16.4. The molecule has 1 aromatic heterocycles. The highest BCUT2D eigenvalue weighted by atomic mass is 16.6. The van der Waals surface area contributed by atoms with E-state index in [1.165, 1.54) is 24.3 Å². The van der Waals surface area contributed by atoms with E-state index in [9.17, 15) is 20.0 Å². The SMILES string of the molecule is O=c1[nH]c2ccc([N+](=O)[O-])cc2nc1C=C(O)c1ccccc1. The molecule has 3 aromatic rings. The Hall–Kier alpha value is -3.48. The first kappa shape index (κ1) is 14.5. The Morgan fingerprint density at radius 1 is 1.22 bits per heavy atom. The van der Waals surface area contributed by atoms with Gasteiger partial charge < -0.3 is 10.1 Å². The van der Waals surface area contributed by atoms with Gasteiger partial charge in [-0.2, -0.15) is 0 Å². The number of aromatic amines is 1. The standard InChI is InChI=1S/C16H11N3O4/c20-15(10-4-2-1-3-5-10)9-14-16(21)18-12-7-6-11(19(22)23)8-13(12)17-14/h1-9,20H,(H,18,21). The maximum absolute atomic E-state index is 12.0. The molecule has 0 bridgehead atoms. The number of nitrogens with one attached hydrogen (secondary N) is 1. The molecule has 7 nitrogen and oxygen atoms in total. The van der Waals surface area contributed by atoms with Gasteiger partial charge in [0.05, 0.1) is 16.0 Å². The summed E-state index contributed by atoms with van der Waals surface area (Å²) in [4.78, 5) is 29.0. The van der Waals surface area contributed by atoms with E-state index in [0.29, 0.717) is 11.1 Å². The maximum Gasteiger partial charge on any atom is 0.274 e. The van der Waals surface area contributed by atoms with Gasteiger partial charge in [-0.3, -0.25) is 14.9 Å². The highest BCUT2D eigenvalue weighted by Crippen LogP contribution is 2.18. The number of nitro benzene ring substituents is 1. The van der Waals surface area contributed by atoms with Crippen molar-refractivity contribution in [3.63, 3.8) is 0 Å². The van der Waals surface area contributed by atoms with E-state index in [1.807, 2.05) is 0 Å². The molecule has 0 spiro atoms. The lowest BCUT2D eigenvalue weighted by molar-refractivity contribution is -0.384. The number of H-pyrrole nitrogens is 1. The number of benzene rings is 2. The zero-order valence-electron chi connectivity index (χ0n) is 11.8. The van der Waals surface area contributed by atoms with Crippen molar-refractivity contribution in [3.05, 3.63) is 80.3 Å². The lowest BCUT2D eigenvalue weighted by atomic mass is 10.1. The maximum atomic E-state index is 12.0. The summed E-state index contributed by atoms with van der Waals surface area (Å²) >= 11 is 0. The summed E-state index contributed by atoms with van der Waals surface area (Å²) in [7, 11) is 0. The first-order valence-corrected chi connectivity index (χ1v) is 6.69. The minimum absolute atomic E-state index is 0.0284. The highest BCUT2D eigenvalue weighted by molar-refractivity contribution is 5.80. The summed E-state index contributed by atoms with van der Waals surface area (Å²) in [5.41, 5.74) is 0.545. The van der Waals surface area contributed by atoms with Crippen LogP contribution in [0, 0.1) is 10.1 Å². The number of non-ortho nitro benzene ring substituents is 1. The van der Waals surface area contributed by atoms with Gasteiger partial charge in [-0.1, -0.05) is 30.3 Å². The molecule has 23 heavy (non-hydrogen) atoms. The molecule has 0 amide bonds. The van der Waals surface area contributed by atoms with Gasteiger partial charge in [0.15, 0.2) is 0 Å². The average molecular weight is 309 g/mol. The van der Waals surface area contributed by atoms with Crippen molar-refractivity contribution in [1.82, 2.24) is 9.97 Å². The van der Waals surface area contributed by atoms with Crippen LogP contribution >= 0.6 is 0 Å². The number of rotatable bonds is 3. The van der Waals surface area contributed by atoms with Crippen molar-refractivity contribution in [1.29, 1.82) is 0 Å².